The molecular weight excluding hydrogens is 344 g/mol. The first-order chi connectivity index (χ1) is 13.0. The van der Waals surface area contributed by atoms with Gasteiger partial charge in [-0.1, -0.05) is 32.0 Å². The molecule has 27 heavy (non-hydrogen) atoms. The van der Waals surface area contributed by atoms with Gasteiger partial charge in [0.15, 0.2) is 6.61 Å². The summed E-state index contributed by atoms with van der Waals surface area (Å²) in [6.07, 6.45) is 2.62. The van der Waals surface area contributed by atoms with E-state index >= 15 is 0 Å². The maximum atomic E-state index is 12.7. The number of amides is 1. The average molecular weight is 370 g/mol. The van der Waals surface area contributed by atoms with Crippen LogP contribution in [0.2, 0.25) is 0 Å². The lowest BCUT2D eigenvalue weighted by Crippen LogP contribution is -2.39. The molecule has 0 saturated carbocycles. The minimum absolute atomic E-state index is 0.105. The van der Waals surface area contributed by atoms with E-state index in [-0.39, 0.29) is 25.0 Å². The molecule has 144 valence electrons. The van der Waals surface area contributed by atoms with Crippen LogP contribution >= 0.6 is 0 Å². The summed E-state index contributed by atoms with van der Waals surface area (Å²) >= 11 is 0. The Kier molecular flexibility index (Phi) is 7.79. The Balaban J connectivity index is 2.03. The van der Waals surface area contributed by atoms with Gasteiger partial charge in [-0.05, 0) is 36.2 Å². The number of methoxy groups -OCH3 is 1. The summed E-state index contributed by atoms with van der Waals surface area (Å²) in [4.78, 5) is 30.3. The van der Waals surface area contributed by atoms with Gasteiger partial charge >= 0.3 is 5.97 Å². The summed E-state index contributed by atoms with van der Waals surface area (Å²) < 4.78 is 10.4. The van der Waals surface area contributed by atoms with Crippen molar-refractivity contribution in [3.63, 3.8) is 0 Å². The lowest BCUT2D eigenvalue weighted by Gasteiger charge is -2.25. The van der Waals surface area contributed by atoms with Gasteiger partial charge in [0.25, 0.3) is 5.91 Å². The number of ether oxygens (including phenoxy) is 2. The van der Waals surface area contributed by atoms with Crippen molar-refractivity contribution < 1.29 is 19.1 Å². The number of hydrogen-bond donors (Lipinski definition) is 0. The molecule has 2 rings (SSSR count). The Labute approximate surface area is 160 Å². The highest BCUT2D eigenvalue weighted by Gasteiger charge is 2.22. The van der Waals surface area contributed by atoms with Crippen molar-refractivity contribution in [2.45, 2.75) is 26.8 Å². The van der Waals surface area contributed by atoms with E-state index < -0.39 is 5.92 Å². The number of esters is 1. The number of aromatic nitrogens is 1. The predicted molar refractivity (Wildman–Crippen MR) is 102 cm³/mol. The van der Waals surface area contributed by atoms with Crippen molar-refractivity contribution in [2.75, 3.05) is 20.3 Å². The molecule has 0 aliphatic heterocycles. The summed E-state index contributed by atoms with van der Waals surface area (Å²) in [5.41, 5.74) is 1.95. The van der Waals surface area contributed by atoms with Crippen molar-refractivity contribution in [1.82, 2.24) is 9.88 Å². The second kappa shape index (κ2) is 10.3. The molecule has 1 atom stereocenters. The van der Waals surface area contributed by atoms with Crippen molar-refractivity contribution in [1.29, 1.82) is 0 Å². The fraction of sp³-hybridized carbons (Fsp3) is 0.381. The van der Waals surface area contributed by atoms with Gasteiger partial charge < -0.3 is 14.4 Å². The first kappa shape index (κ1) is 20.4. The molecule has 0 N–H and O–H groups in total. The third-order valence-electron chi connectivity index (χ3n) is 4.22. The molecule has 0 spiro atoms. The maximum Gasteiger partial charge on any atom is 0.310 e. The average Bonchev–Trinajstić information content (AvgIpc) is 2.71. The molecule has 6 nitrogen and oxygen atoms in total. The monoisotopic (exact) mass is 370 g/mol. The van der Waals surface area contributed by atoms with E-state index in [0.717, 1.165) is 12.1 Å². The fourth-order valence-electron chi connectivity index (χ4n) is 2.61. The Morgan fingerprint density at radius 2 is 1.89 bits per heavy atom. The van der Waals surface area contributed by atoms with Gasteiger partial charge in [0.1, 0.15) is 5.75 Å². The Morgan fingerprint density at radius 1 is 1.15 bits per heavy atom. The summed E-state index contributed by atoms with van der Waals surface area (Å²) in [5.74, 6) is -0.369. The lowest BCUT2D eigenvalue weighted by molar-refractivity contribution is -0.147. The van der Waals surface area contributed by atoms with Crippen LogP contribution in [0, 0.1) is 5.92 Å². The molecule has 1 unspecified atom stereocenters. The number of carbonyl (C=O) groups excluding carboxylic acids is 2. The Bertz CT molecular complexity index is 732. The van der Waals surface area contributed by atoms with Crippen LogP contribution in [-0.4, -0.2) is 42.0 Å². The van der Waals surface area contributed by atoms with E-state index in [9.17, 15) is 9.59 Å². The van der Waals surface area contributed by atoms with E-state index in [4.69, 9.17) is 9.47 Å². The van der Waals surface area contributed by atoms with Crippen LogP contribution in [0.15, 0.2) is 48.7 Å². The topological polar surface area (TPSA) is 68.7 Å². The number of nitrogens with zero attached hydrogens (tertiary/aromatic N) is 2. The molecular formula is C21H26N2O4. The molecule has 1 aromatic carbocycles. The molecule has 6 heteroatoms. The third kappa shape index (κ3) is 6.40. The molecule has 0 bridgehead atoms. The molecule has 0 aliphatic carbocycles. The van der Waals surface area contributed by atoms with Crippen LogP contribution in [0.4, 0.5) is 0 Å². The zero-order valence-corrected chi connectivity index (χ0v) is 16.1. The molecule has 0 saturated heterocycles. The SMILES string of the molecule is CCc1ccc(OCC(=O)N(Cc2ccccn2)CC(C)C(=O)OC)cc1. The van der Waals surface area contributed by atoms with E-state index in [1.165, 1.54) is 12.7 Å². The highest BCUT2D eigenvalue weighted by Crippen LogP contribution is 2.14. The van der Waals surface area contributed by atoms with Crippen molar-refractivity contribution in [3.05, 3.63) is 59.9 Å². The minimum atomic E-state index is -0.438. The molecule has 1 heterocycles. The Hall–Kier alpha value is -2.89. The highest BCUT2D eigenvalue weighted by molar-refractivity contribution is 5.79. The zero-order valence-electron chi connectivity index (χ0n) is 16.1. The number of hydrogen-bond acceptors (Lipinski definition) is 5. The quantitative estimate of drug-likeness (QED) is 0.635. The highest BCUT2D eigenvalue weighted by atomic mass is 16.5. The molecule has 1 aromatic heterocycles. The van der Waals surface area contributed by atoms with Crippen molar-refractivity contribution >= 4 is 11.9 Å². The normalized spacial score (nSPS) is 11.5. The van der Waals surface area contributed by atoms with Crippen LogP contribution in [0.1, 0.15) is 25.1 Å². The molecule has 2 aromatic rings. The third-order valence-corrected chi connectivity index (χ3v) is 4.22. The van der Waals surface area contributed by atoms with Gasteiger partial charge in [-0.3, -0.25) is 14.6 Å². The van der Waals surface area contributed by atoms with E-state index in [1.54, 1.807) is 18.0 Å². The van der Waals surface area contributed by atoms with E-state index in [0.29, 0.717) is 12.3 Å². The largest absolute Gasteiger partial charge is 0.484 e. The van der Waals surface area contributed by atoms with Gasteiger partial charge in [-0.15, -0.1) is 0 Å². The number of rotatable bonds is 9. The predicted octanol–water partition coefficient (Wildman–Crippen LogP) is 2.86. The molecule has 0 aliphatic rings. The van der Waals surface area contributed by atoms with Crippen LogP contribution < -0.4 is 4.74 Å². The standard InChI is InChI=1S/C21H26N2O4/c1-4-17-8-10-19(11-9-17)27-15-20(24)23(13-16(2)21(25)26-3)14-18-7-5-6-12-22-18/h5-12,16H,4,13-15H2,1-3H3. The van der Waals surface area contributed by atoms with Crippen LogP contribution in [0.5, 0.6) is 5.75 Å². The van der Waals surface area contributed by atoms with Gasteiger partial charge in [-0.2, -0.15) is 0 Å². The van der Waals surface area contributed by atoms with E-state index in [1.807, 2.05) is 42.5 Å². The van der Waals surface area contributed by atoms with Crippen molar-refractivity contribution in [3.8, 4) is 5.75 Å². The zero-order chi connectivity index (χ0) is 19.6. The number of aryl methyl sites for hydroxylation is 1. The molecule has 1 amide bonds. The summed E-state index contributed by atoms with van der Waals surface area (Å²) in [5, 5.41) is 0. The smallest absolute Gasteiger partial charge is 0.310 e. The van der Waals surface area contributed by atoms with Gasteiger partial charge in [-0.25, -0.2) is 0 Å². The lowest BCUT2D eigenvalue weighted by atomic mass is 10.1. The first-order valence-electron chi connectivity index (χ1n) is 9.00. The van der Waals surface area contributed by atoms with Gasteiger partial charge in [0.2, 0.25) is 0 Å². The second-order valence-electron chi connectivity index (χ2n) is 6.31. The summed E-state index contributed by atoms with van der Waals surface area (Å²) in [6, 6.07) is 13.2. The van der Waals surface area contributed by atoms with Crippen molar-refractivity contribution in [2.24, 2.45) is 5.92 Å². The molecule has 0 fully saturated rings. The van der Waals surface area contributed by atoms with Crippen LogP contribution in [0.25, 0.3) is 0 Å². The minimum Gasteiger partial charge on any atom is -0.484 e. The summed E-state index contributed by atoms with van der Waals surface area (Å²) in [6.45, 7) is 4.25. The summed E-state index contributed by atoms with van der Waals surface area (Å²) in [7, 11) is 1.34. The first-order valence-corrected chi connectivity index (χ1v) is 9.00. The van der Waals surface area contributed by atoms with Gasteiger partial charge in [0.05, 0.1) is 25.3 Å². The number of pyridine rings is 1. The maximum absolute atomic E-state index is 12.7. The number of carbonyl (C=O) groups is 2. The second-order valence-corrected chi connectivity index (χ2v) is 6.31. The van der Waals surface area contributed by atoms with E-state index in [2.05, 4.69) is 11.9 Å². The van der Waals surface area contributed by atoms with Gasteiger partial charge in [0, 0.05) is 12.7 Å². The number of benzene rings is 1. The van der Waals surface area contributed by atoms with Crippen LogP contribution in [0.3, 0.4) is 0 Å². The van der Waals surface area contributed by atoms with Crippen LogP contribution in [-0.2, 0) is 27.3 Å². The fourth-order valence-corrected chi connectivity index (χ4v) is 2.61. The molecule has 0 radical (unpaired) electrons. The Morgan fingerprint density at radius 3 is 2.48 bits per heavy atom.